The van der Waals surface area contributed by atoms with Gasteiger partial charge in [0.2, 0.25) is 5.89 Å². The van der Waals surface area contributed by atoms with E-state index in [2.05, 4.69) is 34.6 Å². The second-order valence-corrected chi connectivity index (χ2v) is 5.30. The van der Waals surface area contributed by atoms with Crippen molar-refractivity contribution in [1.82, 2.24) is 4.98 Å². The van der Waals surface area contributed by atoms with E-state index in [9.17, 15) is 0 Å². The molecule has 0 saturated heterocycles. The molecule has 1 aromatic heterocycles. The first-order valence-electron chi connectivity index (χ1n) is 7.10. The van der Waals surface area contributed by atoms with Gasteiger partial charge in [0.05, 0.1) is 13.0 Å². The van der Waals surface area contributed by atoms with Crippen molar-refractivity contribution in [3.05, 3.63) is 53.9 Å². The standard InChI is InChI=1S/C17H16N2O2/c1-20-14-7-4-8-15-16(14)19-17(21-15)12-9-11-5-2-3-6-13(11)18-10-12/h2-8,12,18H,9-10H2,1H3. The molecular weight excluding hydrogens is 264 g/mol. The highest BCUT2D eigenvalue weighted by Gasteiger charge is 2.24. The summed E-state index contributed by atoms with van der Waals surface area (Å²) in [5.41, 5.74) is 4.10. The second kappa shape index (κ2) is 4.81. The van der Waals surface area contributed by atoms with Gasteiger partial charge in [0, 0.05) is 12.2 Å². The van der Waals surface area contributed by atoms with E-state index in [0.717, 1.165) is 35.7 Å². The molecule has 0 spiro atoms. The Bertz CT molecular complexity index is 794. The molecule has 0 fully saturated rings. The van der Waals surface area contributed by atoms with Crippen molar-refractivity contribution in [2.24, 2.45) is 0 Å². The first-order valence-corrected chi connectivity index (χ1v) is 7.10. The Kier molecular flexibility index (Phi) is 2.81. The van der Waals surface area contributed by atoms with Crippen LogP contribution in [0.25, 0.3) is 11.1 Å². The monoisotopic (exact) mass is 280 g/mol. The Morgan fingerprint density at radius 3 is 3.00 bits per heavy atom. The molecule has 3 aromatic rings. The summed E-state index contributed by atoms with van der Waals surface area (Å²) in [4.78, 5) is 4.65. The molecule has 1 unspecified atom stereocenters. The number of fused-ring (bicyclic) bond motifs is 2. The first kappa shape index (κ1) is 12.3. The lowest BCUT2D eigenvalue weighted by Gasteiger charge is -2.23. The Balaban J connectivity index is 1.72. The lowest BCUT2D eigenvalue weighted by Crippen LogP contribution is -2.21. The van der Waals surface area contributed by atoms with Gasteiger partial charge >= 0.3 is 0 Å². The minimum absolute atomic E-state index is 0.247. The average Bonchev–Trinajstić information content (AvgIpc) is 2.98. The van der Waals surface area contributed by atoms with E-state index >= 15 is 0 Å². The lowest BCUT2D eigenvalue weighted by molar-refractivity contribution is 0.419. The number of nitrogens with zero attached hydrogens (tertiary/aromatic N) is 1. The summed E-state index contributed by atoms with van der Waals surface area (Å²) in [5, 5.41) is 3.45. The largest absolute Gasteiger partial charge is 0.494 e. The van der Waals surface area contributed by atoms with Crippen LogP contribution >= 0.6 is 0 Å². The number of hydrogen-bond acceptors (Lipinski definition) is 4. The average molecular weight is 280 g/mol. The summed E-state index contributed by atoms with van der Waals surface area (Å²) in [5.74, 6) is 1.78. The van der Waals surface area contributed by atoms with Crippen molar-refractivity contribution in [3.63, 3.8) is 0 Å². The van der Waals surface area contributed by atoms with Crippen LogP contribution in [-0.2, 0) is 6.42 Å². The van der Waals surface area contributed by atoms with Gasteiger partial charge < -0.3 is 14.5 Å². The third-order valence-corrected chi connectivity index (χ3v) is 3.99. The van der Waals surface area contributed by atoms with Gasteiger partial charge in [-0.15, -0.1) is 0 Å². The zero-order valence-electron chi connectivity index (χ0n) is 11.8. The molecule has 1 aliphatic rings. The van der Waals surface area contributed by atoms with Crippen LogP contribution in [0, 0.1) is 0 Å². The highest BCUT2D eigenvalue weighted by atomic mass is 16.5. The van der Waals surface area contributed by atoms with Gasteiger partial charge in [0.15, 0.2) is 11.1 Å². The summed E-state index contributed by atoms with van der Waals surface area (Å²) < 4.78 is 11.3. The van der Waals surface area contributed by atoms with E-state index in [1.54, 1.807) is 7.11 Å². The van der Waals surface area contributed by atoms with Crippen LogP contribution in [0.15, 0.2) is 46.9 Å². The quantitative estimate of drug-likeness (QED) is 0.779. The maximum absolute atomic E-state index is 5.93. The summed E-state index contributed by atoms with van der Waals surface area (Å²) in [6.07, 6.45) is 0.943. The number of anilines is 1. The zero-order chi connectivity index (χ0) is 14.2. The Morgan fingerprint density at radius 2 is 2.10 bits per heavy atom. The minimum Gasteiger partial charge on any atom is -0.494 e. The van der Waals surface area contributed by atoms with Gasteiger partial charge in [0.25, 0.3) is 0 Å². The third-order valence-electron chi connectivity index (χ3n) is 3.99. The molecular formula is C17H16N2O2. The molecule has 0 bridgehead atoms. The van der Waals surface area contributed by atoms with Gasteiger partial charge in [0.1, 0.15) is 5.75 Å². The smallest absolute Gasteiger partial charge is 0.200 e. The molecule has 1 aliphatic heterocycles. The van der Waals surface area contributed by atoms with Gasteiger partial charge in [-0.3, -0.25) is 0 Å². The number of hydrogen-bond donors (Lipinski definition) is 1. The summed E-state index contributed by atoms with van der Waals surface area (Å²) >= 11 is 0. The van der Waals surface area contributed by atoms with Crippen molar-refractivity contribution in [3.8, 4) is 5.75 Å². The molecule has 21 heavy (non-hydrogen) atoms. The summed E-state index contributed by atoms with van der Waals surface area (Å²) in [7, 11) is 1.65. The molecule has 1 N–H and O–H groups in total. The van der Waals surface area contributed by atoms with Crippen LogP contribution in [0.4, 0.5) is 5.69 Å². The van der Waals surface area contributed by atoms with Crippen molar-refractivity contribution >= 4 is 16.8 Å². The van der Waals surface area contributed by atoms with Crippen molar-refractivity contribution in [1.29, 1.82) is 0 Å². The Labute approximate surface area is 122 Å². The van der Waals surface area contributed by atoms with E-state index in [1.807, 2.05) is 18.2 Å². The maximum Gasteiger partial charge on any atom is 0.200 e. The fourth-order valence-corrected chi connectivity index (χ4v) is 2.90. The molecule has 106 valence electrons. The molecule has 4 heteroatoms. The van der Waals surface area contributed by atoms with Crippen LogP contribution in [0.2, 0.25) is 0 Å². The molecule has 1 atom stereocenters. The highest BCUT2D eigenvalue weighted by Crippen LogP contribution is 2.33. The number of ether oxygens (including phenoxy) is 1. The zero-order valence-corrected chi connectivity index (χ0v) is 11.8. The van der Waals surface area contributed by atoms with Crippen LogP contribution < -0.4 is 10.1 Å². The molecule has 2 heterocycles. The molecule has 0 aliphatic carbocycles. The summed E-state index contributed by atoms with van der Waals surface area (Å²) in [6, 6.07) is 14.1. The van der Waals surface area contributed by atoms with Crippen molar-refractivity contribution in [2.45, 2.75) is 12.3 Å². The molecule has 4 nitrogen and oxygen atoms in total. The number of nitrogens with one attached hydrogen (secondary N) is 1. The van der Waals surface area contributed by atoms with Gasteiger partial charge in [-0.2, -0.15) is 0 Å². The van der Waals surface area contributed by atoms with Gasteiger partial charge in [-0.05, 0) is 30.2 Å². The minimum atomic E-state index is 0.247. The maximum atomic E-state index is 5.93. The number of methoxy groups -OCH3 is 1. The molecule has 0 amide bonds. The van der Waals surface area contributed by atoms with E-state index in [4.69, 9.17) is 9.15 Å². The Hall–Kier alpha value is -2.49. The summed E-state index contributed by atoms with van der Waals surface area (Å²) in [6.45, 7) is 0.839. The van der Waals surface area contributed by atoms with Crippen LogP contribution in [0.5, 0.6) is 5.75 Å². The van der Waals surface area contributed by atoms with Crippen molar-refractivity contribution < 1.29 is 9.15 Å². The van der Waals surface area contributed by atoms with Crippen LogP contribution in [0.3, 0.4) is 0 Å². The van der Waals surface area contributed by atoms with Gasteiger partial charge in [-0.25, -0.2) is 4.98 Å². The van der Waals surface area contributed by atoms with Crippen molar-refractivity contribution in [2.75, 3.05) is 19.0 Å². The fourth-order valence-electron chi connectivity index (χ4n) is 2.90. The molecule has 2 aromatic carbocycles. The fraction of sp³-hybridized carbons (Fsp3) is 0.235. The molecule has 0 saturated carbocycles. The third kappa shape index (κ3) is 2.03. The van der Waals surface area contributed by atoms with Crippen LogP contribution in [-0.4, -0.2) is 18.6 Å². The molecule has 0 radical (unpaired) electrons. The number of benzene rings is 2. The van der Waals surface area contributed by atoms with E-state index in [-0.39, 0.29) is 5.92 Å². The van der Waals surface area contributed by atoms with E-state index in [0.29, 0.717) is 0 Å². The molecule has 4 rings (SSSR count). The highest BCUT2D eigenvalue weighted by molar-refractivity contribution is 5.79. The predicted octanol–water partition coefficient (Wildman–Crippen LogP) is 3.59. The van der Waals surface area contributed by atoms with Crippen LogP contribution in [0.1, 0.15) is 17.4 Å². The van der Waals surface area contributed by atoms with E-state index in [1.165, 1.54) is 11.3 Å². The topological polar surface area (TPSA) is 47.3 Å². The SMILES string of the molecule is COc1cccc2oc(C3CNc4ccccc4C3)nc12. The number of aromatic nitrogens is 1. The van der Waals surface area contributed by atoms with Gasteiger partial charge in [-0.1, -0.05) is 24.3 Å². The predicted molar refractivity (Wildman–Crippen MR) is 81.9 cm³/mol. The Morgan fingerprint density at radius 1 is 1.19 bits per heavy atom. The number of rotatable bonds is 2. The normalized spacial score (nSPS) is 17.3. The van der Waals surface area contributed by atoms with E-state index < -0.39 is 0 Å². The second-order valence-electron chi connectivity index (χ2n) is 5.30. The number of oxazole rings is 1. The first-order chi connectivity index (χ1) is 10.3. The lowest BCUT2D eigenvalue weighted by atomic mass is 9.94. The number of para-hydroxylation sites is 2.